The number of aliphatic hydroxyl groups excluding tert-OH is 1. The molecule has 2 aromatic heterocycles. The normalized spacial score (nSPS) is 14.3. The van der Waals surface area contributed by atoms with E-state index in [0.717, 1.165) is 11.1 Å². The highest BCUT2D eigenvalue weighted by atomic mass is 35.5. The third-order valence-electron chi connectivity index (χ3n) is 7.82. The van der Waals surface area contributed by atoms with Gasteiger partial charge in [0.25, 0.3) is 11.5 Å². The van der Waals surface area contributed by atoms with Gasteiger partial charge in [0, 0.05) is 67.5 Å². The molecule has 0 aliphatic carbocycles. The van der Waals surface area contributed by atoms with Gasteiger partial charge in [-0.15, -0.1) is 0 Å². The Hall–Kier alpha value is -4.71. The second kappa shape index (κ2) is 12.5. The van der Waals surface area contributed by atoms with E-state index in [1.165, 1.54) is 10.8 Å². The molecule has 11 nitrogen and oxygen atoms in total. The Morgan fingerprint density at radius 1 is 1.00 bits per heavy atom. The number of hydrogen-bond acceptors (Lipinski definition) is 7. The molecule has 2 aliphatic rings. The lowest BCUT2D eigenvalue weighted by atomic mass is 9.99. The summed E-state index contributed by atoms with van der Waals surface area (Å²) in [5, 5.41) is 17.0. The Labute approximate surface area is 258 Å². The highest BCUT2D eigenvalue weighted by molar-refractivity contribution is 6.30. The molecule has 0 saturated carbocycles. The zero-order valence-electron chi connectivity index (χ0n) is 24.0. The van der Waals surface area contributed by atoms with Crippen molar-refractivity contribution in [3.05, 3.63) is 105 Å². The number of rotatable bonds is 6. The van der Waals surface area contributed by atoms with Crippen LogP contribution in [0.4, 0.5) is 22.0 Å². The number of aromatic nitrogens is 2. The van der Waals surface area contributed by atoms with Crippen LogP contribution in [0.3, 0.4) is 0 Å². The molecule has 4 heterocycles. The van der Waals surface area contributed by atoms with Crippen LogP contribution in [0.2, 0.25) is 5.02 Å². The summed E-state index contributed by atoms with van der Waals surface area (Å²) in [5.41, 5.74) is 4.75. The first-order chi connectivity index (χ1) is 21.3. The number of morpholine rings is 1. The number of benzene rings is 2. The van der Waals surface area contributed by atoms with Crippen LogP contribution in [0.5, 0.6) is 0 Å². The topological polar surface area (TPSA) is 129 Å². The molecule has 0 spiro atoms. The van der Waals surface area contributed by atoms with E-state index in [0.29, 0.717) is 78.2 Å². The number of carbonyl (C=O) groups excluding carboxylic acids is 2. The van der Waals surface area contributed by atoms with E-state index in [1.807, 2.05) is 24.3 Å². The van der Waals surface area contributed by atoms with E-state index in [4.69, 9.17) is 16.3 Å². The molecule has 6 rings (SSSR count). The monoisotopic (exact) mass is 614 g/mol. The summed E-state index contributed by atoms with van der Waals surface area (Å²) in [4.78, 5) is 46.8. The third-order valence-corrected chi connectivity index (χ3v) is 8.05. The van der Waals surface area contributed by atoms with Gasteiger partial charge in [-0.05, 0) is 53.1 Å². The van der Waals surface area contributed by atoms with E-state index in [2.05, 4.69) is 15.6 Å². The van der Waals surface area contributed by atoms with E-state index in [1.54, 1.807) is 53.4 Å². The number of aliphatic hydroxyl groups is 1. The average Bonchev–Trinajstić information content (AvgIpc) is 3.47. The van der Waals surface area contributed by atoms with Crippen LogP contribution in [0.25, 0.3) is 11.1 Å². The SMILES string of the molecule is Cn1cc(-c2cccc(NC(=O)N3Cc4ccc(Cl)cc4C3)c2CO)cc(Nc2ccc(C(=O)N3CCOCC3)cn2)c1=O. The van der Waals surface area contributed by atoms with Crippen molar-refractivity contribution in [2.75, 3.05) is 36.9 Å². The van der Waals surface area contributed by atoms with Gasteiger partial charge in [-0.2, -0.15) is 0 Å². The summed E-state index contributed by atoms with van der Waals surface area (Å²) in [5.74, 6) is 0.279. The molecule has 0 bridgehead atoms. The van der Waals surface area contributed by atoms with Gasteiger partial charge in [0.2, 0.25) is 0 Å². The molecule has 1 fully saturated rings. The van der Waals surface area contributed by atoms with Gasteiger partial charge in [0.1, 0.15) is 11.5 Å². The smallest absolute Gasteiger partial charge is 0.322 e. The maximum atomic E-state index is 13.2. The number of aryl methyl sites for hydroxylation is 1. The van der Waals surface area contributed by atoms with Crippen LogP contribution in [-0.4, -0.2) is 62.7 Å². The third kappa shape index (κ3) is 6.02. The molecule has 3 amide bonds. The molecule has 4 aromatic rings. The Morgan fingerprint density at radius 3 is 2.55 bits per heavy atom. The molecule has 2 aliphatic heterocycles. The number of nitrogens with one attached hydrogen (secondary N) is 2. The van der Waals surface area contributed by atoms with Gasteiger partial charge in [-0.1, -0.05) is 29.8 Å². The van der Waals surface area contributed by atoms with Crippen LogP contribution in [0.1, 0.15) is 27.0 Å². The number of ether oxygens (including phenoxy) is 1. The summed E-state index contributed by atoms with van der Waals surface area (Å²) in [6, 6.07) is 15.6. The average molecular weight is 615 g/mol. The lowest BCUT2D eigenvalue weighted by Gasteiger charge is -2.26. The van der Waals surface area contributed by atoms with Gasteiger partial charge in [-0.3, -0.25) is 9.59 Å². The minimum atomic E-state index is -0.340. The molecule has 3 N–H and O–H groups in total. The molecule has 1 saturated heterocycles. The maximum absolute atomic E-state index is 13.2. The fraction of sp³-hybridized carbons (Fsp3) is 0.250. The number of amides is 3. The maximum Gasteiger partial charge on any atom is 0.322 e. The number of urea groups is 1. The zero-order chi connectivity index (χ0) is 30.8. The summed E-state index contributed by atoms with van der Waals surface area (Å²) >= 11 is 6.12. The van der Waals surface area contributed by atoms with Gasteiger partial charge in [0.05, 0.1) is 25.4 Å². The largest absolute Gasteiger partial charge is 0.392 e. The highest BCUT2D eigenvalue weighted by Gasteiger charge is 2.25. The number of anilines is 3. The minimum absolute atomic E-state index is 0.118. The number of fused-ring (bicyclic) bond motifs is 1. The summed E-state index contributed by atoms with van der Waals surface area (Å²) < 4.78 is 6.76. The Bertz CT molecular complexity index is 1790. The Balaban J connectivity index is 1.22. The minimum Gasteiger partial charge on any atom is -0.392 e. The fourth-order valence-corrected chi connectivity index (χ4v) is 5.67. The molecule has 226 valence electrons. The van der Waals surface area contributed by atoms with Crippen molar-refractivity contribution < 1.29 is 19.4 Å². The molecule has 0 radical (unpaired) electrons. The molecular formula is C32H31ClN6O5. The number of pyridine rings is 2. The van der Waals surface area contributed by atoms with Crippen LogP contribution in [0, 0.1) is 0 Å². The zero-order valence-corrected chi connectivity index (χ0v) is 24.8. The quantitative estimate of drug-likeness (QED) is 0.294. The number of hydrogen-bond donors (Lipinski definition) is 3. The van der Waals surface area contributed by atoms with Crippen molar-refractivity contribution >= 4 is 40.7 Å². The van der Waals surface area contributed by atoms with Crippen molar-refractivity contribution in [2.24, 2.45) is 7.05 Å². The second-order valence-corrected chi connectivity index (χ2v) is 11.1. The first kappa shape index (κ1) is 29.4. The van der Waals surface area contributed by atoms with E-state index in [9.17, 15) is 19.5 Å². The summed E-state index contributed by atoms with van der Waals surface area (Å²) in [7, 11) is 1.64. The van der Waals surface area contributed by atoms with Crippen LogP contribution < -0.4 is 16.2 Å². The standard InChI is InChI=1S/C32H31ClN6O5/c1-37-16-23(14-28(31(37)42)35-29-8-6-20(15-34-29)30(41)38-9-11-44-12-10-38)25-3-2-4-27(26(25)19-40)36-32(43)39-17-21-5-7-24(33)13-22(21)18-39/h2-8,13-16,40H,9-12,17-19H2,1H3,(H,34,35)(H,36,43). The van der Waals surface area contributed by atoms with Crippen molar-refractivity contribution in [3.63, 3.8) is 0 Å². The predicted octanol–water partition coefficient (Wildman–Crippen LogP) is 4.36. The van der Waals surface area contributed by atoms with E-state index < -0.39 is 0 Å². The molecule has 0 unspecified atom stereocenters. The lowest BCUT2D eigenvalue weighted by Crippen LogP contribution is -2.40. The van der Waals surface area contributed by atoms with Crippen molar-refractivity contribution in [1.29, 1.82) is 0 Å². The number of halogens is 1. The number of carbonyl (C=O) groups is 2. The van der Waals surface area contributed by atoms with Gasteiger partial charge in [0.15, 0.2) is 0 Å². The van der Waals surface area contributed by atoms with E-state index in [-0.39, 0.29) is 29.8 Å². The predicted molar refractivity (Wildman–Crippen MR) is 167 cm³/mol. The van der Waals surface area contributed by atoms with Crippen molar-refractivity contribution in [3.8, 4) is 11.1 Å². The highest BCUT2D eigenvalue weighted by Crippen LogP contribution is 2.32. The molecular weight excluding hydrogens is 584 g/mol. The van der Waals surface area contributed by atoms with Gasteiger partial charge in [-0.25, -0.2) is 9.78 Å². The molecule has 44 heavy (non-hydrogen) atoms. The summed E-state index contributed by atoms with van der Waals surface area (Å²) in [6.07, 6.45) is 3.16. The van der Waals surface area contributed by atoms with Gasteiger partial charge >= 0.3 is 6.03 Å². The Morgan fingerprint density at radius 2 is 1.80 bits per heavy atom. The van der Waals surface area contributed by atoms with Crippen LogP contribution in [-0.2, 0) is 31.5 Å². The second-order valence-electron chi connectivity index (χ2n) is 10.7. The summed E-state index contributed by atoms with van der Waals surface area (Å²) in [6.45, 7) is 2.63. The first-order valence-electron chi connectivity index (χ1n) is 14.2. The van der Waals surface area contributed by atoms with Crippen molar-refractivity contribution in [2.45, 2.75) is 19.7 Å². The first-order valence-corrected chi connectivity index (χ1v) is 14.6. The van der Waals surface area contributed by atoms with Crippen LogP contribution >= 0.6 is 11.6 Å². The van der Waals surface area contributed by atoms with Crippen LogP contribution in [0.15, 0.2) is 71.8 Å². The van der Waals surface area contributed by atoms with Crippen molar-refractivity contribution in [1.82, 2.24) is 19.4 Å². The molecule has 0 atom stereocenters. The molecule has 2 aromatic carbocycles. The fourth-order valence-electron chi connectivity index (χ4n) is 5.48. The Kier molecular flexibility index (Phi) is 8.34. The van der Waals surface area contributed by atoms with E-state index >= 15 is 0 Å². The molecule has 12 heteroatoms. The number of nitrogens with zero attached hydrogens (tertiary/aromatic N) is 4. The van der Waals surface area contributed by atoms with Gasteiger partial charge < -0.3 is 34.8 Å². The lowest BCUT2D eigenvalue weighted by molar-refractivity contribution is 0.0302.